The Morgan fingerprint density at radius 3 is 2.76 bits per heavy atom. The SMILES string of the molecule is CCN1CCCC1CNC(=O)C1CC(S(=O)(=O)CC)=C(N)C=C1OC. The van der Waals surface area contributed by atoms with Gasteiger partial charge in [-0.2, -0.15) is 0 Å². The zero-order chi connectivity index (χ0) is 18.6. The number of sulfone groups is 1. The van der Waals surface area contributed by atoms with Crippen LogP contribution in [-0.4, -0.2) is 57.8 Å². The highest BCUT2D eigenvalue weighted by atomic mass is 32.2. The molecule has 0 spiro atoms. The van der Waals surface area contributed by atoms with E-state index in [1.165, 1.54) is 13.2 Å². The Hall–Kier alpha value is -1.54. The summed E-state index contributed by atoms with van der Waals surface area (Å²) in [5.41, 5.74) is 6.05. The summed E-state index contributed by atoms with van der Waals surface area (Å²) >= 11 is 0. The summed E-state index contributed by atoms with van der Waals surface area (Å²) in [6, 6.07) is 0.340. The molecular formula is C17H29N3O4S. The number of ether oxygens (including phenoxy) is 1. The number of hydrogen-bond donors (Lipinski definition) is 2. The summed E-state index contributed by atoms with van der Waals surface area (Å²) in [5.74, 6) is -0.512. The van der Waals surface area contributed by atoms with Crippen LogP contribution < -0.4 is 11.1 Å². The number of nitrogens with one attached hydrogen (secondary N) is 1. The molecule has 8 heteroatoms. The van der Waals surface area contributed by atoms with Crippen LogP contribution in [0.4, 0.5) is 0 Å². The van der Waals surface area contributed by atoms with Gasteiger partial charge in [0.15, 0.2) is 9.84 Å². The van der Waals surface area contributed by atoms with Crippen molar-refractivity contribution in [3.05, 3.63) is 22.4 Å². The molecule has 1 saturated heterocycles. The van der Waals surface area contributed by atoms with E-state index in [1.807, 2.05) is 0 Å². The topological polar surface area (TPSA) is 102 Å². The van der Waals surface area contributed by atoms with Gasteiger partial charge in [-0.05, 0) is 25.9 Å². The van der Waals surface area contributed by atoms with Crippen LogP contribution in [0.3, 0.4) is 0 Å². The zero-order valence-electron chi connectivity index (χ0n) is 15.2. The van der Waals surface area contributed by atoms with Crippen LogP contribution in [0.2, 0.25) is 0 Å². The molecular weight excluding hydrogens is 342 g/mol. The Morgan fingerprint density at radius 2 is 2.16 bits per heavy atom. The van der Waals surface area contributed by atoms with Gasteiger partial charge in [0.25, 0.3) is 0 Å². The molecule has 142 valence electrons. The normalized spacial score (nSPS) is 25.0. The summed E-state index contributed by atoms with van der Waals surface area (Å²) in [4.78, 5) is 15.2. The predicted octanol–water partition coefficient (Wildman–Crippen LogP) is 0.742. The molecule has 1 aliphatic heterocycles. The second-order valence-corrected chi connectivity index (χ2v) is 8.76. The first-order chi connectivity index (χ1) is 11.8. The van der Waals surface area contributed by atoms with Crippen molar-refractivity contribution in [3.8, 4) is 0 Å². The van der Waals surface area contributed by atoms with Crippen molar-refractivity contribution in [3.63, 3.8) is 0 Å². The fourth-order valence-corrected chi connectivity index (χ4v) is 4.71. The Balaban J connectivity index is 2.10. The maximum Gasteiger partial charge on any atom is 0.231 e. The molecule has 0 aromatic rings. The van der Waals surface area contributed by atoms with Crippen molar-refractivity contribution < 1.29 is 17.9 Å². The average Bonchev–Trinajstić information content (AvgIpc) is 3.06. The maximum atomic E-state index is 12.7. The fraction of sp³-hybridized carbons (Fsp3) is 0.706. The molecule has 2 rings (SSSR count). The minimum Gasteiger partial charge on any atom is -0.500 e. The molecule has 0 aromatic heterocycles. The molecule has 2 atom stereocenters. The highest BCUT2D eigenvalue weighted by Gasteiger charge is 2.34. The fourth-order valence-electron chi connectivity index (χ4n) is 3.53. The van der Waals surface area contributed by atoms with Gasteiger partial charge in [0.1, 0.15) is 11.7 Å². The number of carbonyl (C=O) groups is 1. The van der Waals surface area contributed by atoms with Crippen molar-refractivity contribution in [2.24, 2.45) is 11.7 Å². The second-order valence-electron chi connectivity index (χ2n) is 6.46. The molecule has 2 unspecified atom stereocenters. The van der Waals surface area contributed by atoms with Gasteiger partial charge in [0, 0.05) is 30.8 Å². The molecule has 0 aromatic carbocycles. The average molecular weight is 372 g/mol. The summed E-state index contributed by atoms with van der Waals surface area (Å²) < 4.78 is 29.7. The third-order valence-electron chi connectivity index (χ3n) is 5.08. The van der Waals surface area contributed by atoms with E-state index in [9.17, 15) is 13.2 Å². The number of rotatable bonds is 7. The molecule has 2 aliphatic rings. The lowest BCUT2D eigenvalue weighted by Crippen LogP contribution is -2.43. The highest BCUT2D eigenvalue weighted by molar-refractivity contribution is 7.95. The lowest BCUT2D eigenvalue weighted by Gasteiger charge is -2.27. The van der Waals surface area contributed by atoms with Gasteiger partial charge in [-0.25, -0.2) is 8.42 Å². The largest absolute Gasteiger partial charge is 0.500 e. The van der Waals surface area contributed by atoms with E-state index in [-0.39, 0.29) is 28.7 Å². The molecule has 1 aliphatic carbocycles. The first-order valence-corrected chi connectivity index (χ1v) is 10.5. The number of likely N-dealkylation sites (tertiary alicyclic amines) is 1. The Labute approximate surface area is 150 Å². The number of amides is 1. The third kappa shape index (κ3) is 4.36. The summed E-state index contributed by atoms with van der Waals surface area (Å²) in [6.45, 7) is 6.27. The molecule has 1 amide bonds. The molecule has 1 heterocycles. The Morgan fingerprint density at radius 1 is 1.44 bits per heavy atom. The smallest absolute Gasteiger partial charge is 0.231 e. The summed E-state index contributed by atoms with van der Waals surface area (Å²) in [7, 11) is -1.98. The molecule has 0 saturated carbocycles. The van der Waals surface area contributed by atoms with Gasteiger partial charge in [0.05, 0.1) is 17.8 Å². The van der Waals surface area contributed by atoms with Crippen LogP contribution in [0.1, 0.15) is 33.1 Å². The van der Waals surface area contributed by atoms with Gasteiger partial charge in [-0.15, -0.1) is 0 Å². The predicted molar refractivity (Wildman–Crippen MR) is 97.2 cm³/mol. The summed E-state index contributed by atoms with van der Waals surface area (Å²) in [6.07, 6.45) is 3.72. The van der Waals surface area contributed by atoms with Crippen molar-refractivity contribution in [1.29, 1.82) is 0 Å². The van der Waals surface area contributed by atoms with Crippen LogP contribution in [0, 0.1) is 5.92 Å². The minimum absolute atomic E-state index is 0.0406. The zero-order valence-corrected chi connectivity index (χ0v) is 16.1. The van der Waals surface area contributed by atoms with Gasteiger partial charge in [-0.3, -0.25) is 9.69 Å². The maximum absolute atomic E-state index is 12.7. The monoisotopic (exact) mass is 371 g/mol. The van der Waals surface area contributed by atoms with Gasteiger partial charge in [0.2, 0.25) is 5.91 Å². The number of hydrogen-bond acceptors (Lipinski definition) is 6. The van der Waals surface area contributed by atoms with E-state index in [1.54, 1.807) is 6.92 Å². The Kier molecular flexibility index (Phi) is 6.51. The number of carbonyl (C=O) groups excluding carboxylic acids is 1. The molecule has 7 nitrogen and oxygen atoms in total. The molecule has 3 N–H and O–H groups in total. The van der Waals surface area contributed by atoms with E-state index >= 15 is 0 Å². The number of nitrogens with two attached hydrogens (primary N) is 1. The van der Waals surface area contributed by atoms with Crippen LogP contribution in [0.15, 0.2) is 22.4 Å². The van der Waals surface area contributed by atoms with Crippen LogP contribution in [0.5, 0.6) is 0 Å². The van der Waals surface area contributed by atoms with Crippen molar-refractivity contribution in [2.45, 2.75) is 39.2 Å². The van der Waals surface area contributed by atoms with Gasteiger partial charge >= 0.3 is 0 Å². The van der Waals surface area contributed by atoms with E-state index in [4.69, 9.17) is 10.5 Å². The standard InChI is InChI=1S/C17H29N3O4S/c1-4-20-8-6-7-12(20)11-19-17(21)13-9-16(25(22,23)5-2)14(18)10-15(13)24-3/h10,12-13H,4-9,11,18H2,1-3H3,(H,19,21). The molecule has 0 radical (unpaired) electrons. The van der Waals surface area contributed by atoms with Crippen molar-refractivity contribution in [1.82, 2.24) is 10.2 Å². The highest BCUT2D eigenvalue weighted by Crippen LogP contribution is 2.31. The third-order valence-corrected chi connectivity index (χ3v) is 6.99. The van der Waals surface area contributed by atoms with Crippen LogP contribution in [-0.2, 0) is 19.4 Å². The van der Waals surface area contributed by atoms with Gasteiger partial charge < -0.3 is 15.8 Å². The molecule has 25 heavy (non-hydrogen) atoms. The molecule has 0 bridgehead atoms. The number of nitrogens with zero attached hydrogens (tertiary/aromatic N) is 1. The van der Waals surface area contributed by atoms with E-state index in [0.29, 0.717) is 18.3 Å². The van der Waals surface area contributed by atoms with E-state index in [0.717, 1.165) is 25.9 Å². The minimum atomic E-state index is -3.45. The Bertz CT molecular complexity index is 669. The van der Waals surface area contributed by atoms with Crippen LogP contribution >= 0.6 is 0 Å². The first kappa shape index (κ1) is 19.8. The number of allylic oxidation sites excluding steroid dienone is 2. The molecule has 1 fully saturated rings. The first-order valence-electron chi connectivity index (χ1n) is 8.82. The number of methoxy groups -OCH3 is 1. The van der Waals surface area contributed by atoms with Crippen molar-refractivity contribution in [2.75, 3.05) is 32.5 Å². The van der Waals surface area contributed by atoms with E-state index < -0.39 is 15.8 Å². The van der Waals surface area contributed by atoms with Crippen LogP contribution in [0.25, 0.3) is 0 Å². The quantitative estimate of drug-likeness (QED) is 0.684. The number of likely N-dealkylation sites (N-methyl/N-ethyl adjacent to an activating group) is 1. The summed E-state index contributed by atoms with van der Waals surface area (Å²) in [5, 5.41) is 2.97. The van der Waals surface area contributed by atoms with Gasteiger partial charge in [-0.1, -0.05) is 13.8 Å². The second kappa shape index (κ2) is 8.23. The lowest BCUT2D eigenvalue weighted by atomic mass is 9.95. The van der Waals surface area contributed by atoms with Crippen molar-refractivity contribution >= 4 is 15.7 Å². The lowest BCUT2D eigenvalue weighted by molar-refractivity contribution is -0.125. The van der Waals surface area contributed by atoms with E-state index in [2.05, 4.69) is 17.1 Å².